The molecule has 0 saturated carbocycles. The molecule has 1 fully saturated rings. The largest absolute Gasteiger partial charge is 0.573 e. The van der Waals surface area contributed by atoms with E-state index in [2.05, 4.69) is 10.1 Å². The van der Waals surface area contributed by atoms with Gasteiger partial charge in [0.25, 0.3) is 5.24 Å². The molecule has 1 N–H and O–H groups in total. The molecule has 0 aliphatic carbocycles. The third kappa shape index (κ3) is 5.82. The van der Waals surface area contributed by atoms with E-state index < -0.39 is 18.0 Å². The fourth-order valence-electron chi connectivity index (χ4n) is 1.95. The average molecular weight is 374 g/mol. The average Bonchev–Trinajstić information content (AvgIpc) is 2.84. The Hall–Kier alpha value is -2.49. The van der Waals surface area contributed by atoms with Crippen LogP contribution in [0.4, 0.5) is 18.0 Å². The first-order valence-corrected chi connectivity index (χ1v) is 8.02. The van der Waals surface area contributed by atoms with Gasteiger partial charge >= 0.3 is 6.36 Å². The summed E-state index contributed by atoms with van der Waals surface area (Å²) in [5.41, 5.74) is 0.0799. The monoisotopic (exact) mass is 374 g/mol. The predicted octanol–water partition coefficient (Wildman–Crippen LogP) is 2.41. The van der Waals surface area contributed by atoms with Gasteiger partial charge in [0.15, 0.2) is 0 Å². The van der Waals surface area contributed by atoms with Crippen LogP contribution in [0.15, 0.2) is 30.3 Å². The molecule has 0 bridgehead atoms. The van der Waals surface area contributed by atoms with Crippen LogP contribution in [-0.4, -0.2) is 47.2 Å². The SMILES string of the molecule is O=C(/C=C/c1ccccc1OC(F)(F)F)NCCN1C(=O)CSC1=O. The van der Waals surface area contributed by atoms with E-state index in [0.29, 0.717) is 0 Å². The number of thioether (sulfide) groups is 1. The summed E-state index contributed by atoms with van der Waals surface area (Å²) < 4.78 is 40.8. The number of ether oxygens (including phenoxy) is 1. The van der Waals surface area contributed by atoms with Crippen molar-refractivity contribution in [1.29, 1.82) is 0 Å². The third-order valence-electron chi connectivity index (χ3n) is 3.03. The molecule has 0 spiro atoms. The number of benzene rings is 1. The number of amides is 3. The summed E-state index contributed by atoms with van der Waals surface area (Å²) in [6.07, 6.45) is -2.61. The first kappa shape index (κ1) is 18.8. The maximum absolute atomic E-state index is 12.3. The highest BCUT2D eigenvalue weighted by molar-refractivity contribution is 8.14. The first-order chi connectivity index (χ1) is 11.8. The van der Waals surface area contributed by atoms with Crippen molar-refractivity contribution >= 4 is 34.9 Å². The lowest BCUT2D eigenvalue weighted by atomic mass is 10.2. The Kier molecular flexibility index (Phi) is 6.07. The van der Waals surface area contributed by atoms with Crippen molar-refractivity contribution in [1.82, 2.24) is 10.2 Å². The Morgan fingerprint density at radius 1 is 1.32 bits per heavy atom. The molecule has 3 amide bonds. The maximum atomic E-state index is 12.3. The predicted molar refractivity (Wildman–Crippen MR) is 84.7 cm³/mol. The molecule has 25 heavy (non-hydrogen) atoms. The highest BCUT2D eigenvalue weighted by Crippen LogP contribution is 2.26. The molecule has 1 saturated heterocycles. The van der Waals surface area contributed by atoms with E-state index in [9.17, 15) is 27.6 Å². The summed E-state index contributed by atoms with van der Waals surface area (Å²) in [6.45, 7) is 0.0833. The third-order valence-corrected chi connectivity index (χ3v) is 3.89. The van der Waals surface area contributed by atoms with Crippen molar-refractivity contribution in [3.63, 3.8) is 0 Å². The van der Waals surface area contributed by atoms with Gasteiger partial charge in [0.1, 0.15) is 5.75 Å². The summed E-state index contributed by atoms with van der Waals surface area (Å²) in [4.78, 5) is 35.5. The van der Waals surface area contributed by atoms with Crippen LogP contribution in [0.2, 0.25) is 0 Å². The number of carbonyl (C=O) groups excluding carboxylic acids is 3. The molecule has 0 atom stereocenters. The number of imide groups is 1. The molecule has 1 aliphatic heterocycles. The van der Waals surface area contributed by atoms with Crippen molar-refractivity contribution in [3.8, 4) is 5.75 Å². The lowest BCUT2D eigenvalue weighted by Gasteiger charge is -2.12. The van der Waals surface area contributed by atoms with Crippen LogP contribution < -0.4 is 10.1 Å². The molecule has 6 nitrogen and oxygen atoms in total. The van der Waals surface area contributed by atoms with Crippen LogP contribution in [-0.2, 0) is 9.59 Å². The minimum Gasteiger partial charge on any atom is -0.405 e. The van der Waals surface area contributed by atoms with Crippen LogP contribution >= 0.6 is 11.8 Å². The summed E-state index contributed by atoms with van der Waals surface area (Å²) in [6, 6.07) is 5.38. The summed E-state index contributed by atoms with van der Waals surface area (Å²) in [5, 5.41) is 2.08. The highest BCUT2D eigenvalue weighted by atomic mass is 32.2. The second-order valence-corrected chi connectivity index (χ2v) is 5.74. The first-order valence-electron chi connectivity index (χ1n) is 7.04. The van der Waals surface area contributed by atoms with E-state index >= 15 is 0 Å². The van der Waals surface area contributed by atoms with Gasteiger partial charge in [-0.3, -0.25) is 19.3 Å². The smallest absolute Gasteiger partial charge is 0.405 e. The van der Waals surface area contributed by atoms with Crippen molar-refractivity contribution in [2.45, 2.75) is 6.36 Å². The molecular formula is C15H13F3N2O4S. The molecule has 0 unspecified atom stereocenters. The van der Waals surface area contributed by atoms with Crippen LogP contribution in [0.3, 0.4) is 0 Å². The number of nitrogens with one attached hydrogen (secondary N) is 1. The van der Waals surface area contributed by atoms with Crippen LogP contribution in [0.5, 0.6) is 5.75 Å². The molecule has 0 aromatic heterocycles. The van der Waals surface area contributed by atoms with Crippen molar-refractivity contribution in [2.75, 3.05) is 18.8 Å². The van der Waals surface area contributed by atoms with E-state index in [1.165, 1.54) is 24.3 Å². The minimum atomic E-state index is -4.83. The second-order valence-electron chi connectivity index (χ2n) is 4.81. The number of hydrogen-bond donors (Lipinski definition) is 1. The standard InChI is InChI=1S/C15H13F3N2O4S/c16-15(17,18)24-11-4-2-1-3-10(11)5-6-12(21)19-7-8-20-13(22)9-25-14(20)23/h1-6H,7-9H2,(H,19,21)/b6-5+. The zero-order valence-corrected chi connectivity index (χ0v) is 13.5. The second kappa shape index (κ2) is 8.06. The molecule has 1 aromatic carbocycles. The molecule has 134 valence electrons. The van der Waals surface area contributed by atoms with Gasteiger partial charge in [-0.2, -0.15) is 0 Å². The molecule has 1 heterocycles. The van der Waals surface area contributed by atoms with E-state index in [0.717, 1.165) is 28.8 Å². The number of halogens is 3. The van der Waals surface area contributed by atoms with Gasteiger partial charge in [0.05, 0.1) is 5.75 Å². The van der Waals surface area contributed by atoms with E-state index in [4.69, 9.17) is 0 Å². The molecule has 10 heteroatoms. The maximum Gasteiger partial charge on any atom is 0.573 e. The van der Waals surface area contributed by atoms with E-state index in [1.807, 2.05) is 0 Å². The zero-order valence-electron chi connectivity index (χ0n) is 12.7. The van der Waals surface area contributed by atoms with Crippen LogP contribution in [0, 0.1) is 0 Å². The van der Waals surface area contributed by atoms with E-state index in [-0.39, 0.29) is 35.6 Å². The van der Waals surface area contributed by atoms with Crippen molar-refractivity contribution in [2.24, 2.45) is 0 Å². The fraction of sp³-hybridized carbons (Fsp3) is 0.267. The van der Waals surface area contributed by atoms with Gasteiger partial charge in [-0.15, -0.1) is 13.2 Å². The highest BCUT2D eigenvalue weighted by Gasteiger charge is 2.32. The normalized spacial score (nSPS) is 15.1. The summed E-state index contributed by atoms with van der Waals surface area (Å²) >= 11 is 0.891. The summed E-state index contributed by atoms with van der Waals surface area (Å²) in [5.74, 6) is -1.24. The number of hydrogen-bond acceptors (Lipinski definition) is 5. The Bertz CT molecular complexity index is 690. The van der Waals surface area contributed by atoms with Crippen molar-refractivity contribution < 1.29 is 32.3 Å². The number of nitrogens with zero attached hydrogens (tertiary/aromatic N) is 1. The Balaban J connectivity index is 1.88. The molecular weight excluding hydrogens is 361 g/mol. The number of carbonyl (C=O) groups is 3. The van der Waals surface area contributed by atoms with Crippen molar-refractivity contribution in [3.05, 3.63) is 35.9 Å². The van der Waals surface area contributed by atoms with Crippen LogP contribution in [0.25, 0.3) is 6.08 Å². The lowest BCUT2D eigenvalue weighted by Crippen LogP contribution is -2.37. The Morgan fingerprint density at radius 2 is 2.04 bits per heavy atom. The number of para-hydroxylation sites is 1. The van der Waals surface area contributed by atoms with Gasteiger partial charge in [-0.1, -0.05) is 30.0 Å². The fourth-order valence-corrected chi connectivity index (χ4v) is 2.70. The molecule has 1 aliphatic rings. The van der Waals surface area contributed by atoms with E-state index in [1.54, 1.807) is 0 Å². The van der Waals surface area contributed by atoms with Gasteiger partial charge in [-0.25, -0.2) is 0 Å². The van der Waals surface area contributed by atoms with Gasteiger partial charge in [0.2, 0.25) is 11.8 Å². The number of alkyl halides is 3. The van der Waals surface area contributed by atoms with Gasteiger partial charge in [0, 0.05) is 24.7 Å². The summed E-state index contributed by atoms with van der Waals surface area (Å²) in [7, 11) is 0. The minimum absolute atomic E-state index is 0.0397. The van der Waals surface area contributed by atoms with Crippen LogP contribution in [0.1, 0.15) is 5.56 Å². The Labute approximate surface area is 145 Å². The van der Waals surface area contributed by atoms with Gasteiger partial charge < -0.3 is 10.1 Å². The zero-order chi connectivity index (χ0) is 18.4. The topological polar surface area (TPSA) is 75.7 Å². The molecule has 0 radical (unpaired) electrons. The molecule has 1 aromatic rings. The number of rotatable bonds is 6. The Morgan fingerprint density at radius 3 is 2.68 bits per heavy atom. The molecule has 2 rings (SSSR count). The van der Waals surface area contributed by atoms with Gasteiger partial charge in [-0.05, 0) is 12.1 Å². The quantitative estimate of drug-likeness (QED) is 0.774. The lowest BCUT2D eigenvalue weighted by molar-refractivity contribution is -0.274.